The van der Waals surface area contributed by atoms with E-state index in [0.717, 1.165) is 25.1 Å². The van der Waals surface area contributed by atoms with Gasteiger partial charge in [0.15, 0.2) is 0 Å². The number of aromatic nitrogens is 1. The van der Waals surface area contributed by atoms with Gasteiger partial charge in [-0.2, -0.15) is 0 Å². The fourth-order valence-corrected chi connectivity index (χ4v) is 3.54. The molecule has 0 radical (unpaired) electrons. The van der Waals surface area contributed by atoms with E-state index in [-0.39, 0.29) is 0 Å². The van der Waals surface area contributed by atoms with Crippen LogP contribution < -0.4 is 10.1 Å². The highest BCUT2D eigenvalue weighted by Gasteiger charge is 2.10. The average Bonchev–Trinajstić information content (AvgIpc) is 2.85. The molecule has 1 aromatic carbocycles. The largest absolute Gasteiger partial charge is 0.493 e. The molecule has 0 aliphatic heterocycles. The molecule has 4 heteroatoms. The Morgan fingerprint density at radius 1 is 1.24 bits per heavy atom. The summed E-state index contributed by atoms with van der Waals surface area (Å²) < 4.78 is 5.97. The average molecular weight is 304 g/mol. The van der Waals surface area contributed by atoms with Crippen molar-refractivity contribution in [1.29, 1.82) is 0 Å². The number of aryl methyl sites for hydroxylation is 3. The predicted molar refractivity (Wildman–Crippen MR) is 89.4 cm³/mol. The van der Waals surface area contributed by atoms with Crippen molar-refractivity contribution in [3.63, 3.8) is 0 Å². The lowest BCUT2D eigenvalue weighted by molar-refractivity contribution is 0.317. The van der Waals surface area contributed by atoms with Crippen molar-refractivity contribution in [2.75, 3.05) is 13.7 Å². The van der Waals surface area contributed by atoms with Gasteiger partial charge in [-0.25, -0.2) is 4.98 Å². The number of hydrogen-bond donors (Lipinski definition) is 1. The highest BCUT2D eigenvalue weighted by atomic mass is 32.1. The molecule has 0 atom stereocenters. The number of thiazole rings is 1. The monoisotopic (exact) mass is 304 g/mol. The fourth-order valence-electron chi connectivity index (χ4n) is 2.39. The first-order valence-electron chi connectivity index (χ1n) is 7.46. The first kappa shape index (κ1) is 16.0. The zero-order chi connectivity index (χ0) is 15.2. The van der Waals surface area contributed by atoms with Crippen LogP contribution in [-0.2, 0) is 19.4 Å². The molecule has 1 heterocycles. The minimum absolute atomic E-state index is 0.682. The molecule has 0 spiro atoms. The van der Waals surface area contributed by atoms with Crippen LogP contribution in [0.5, 0.6) is 5.75 Å². The second-order valence-electron chi connectivity index (χ2n) is 5.18. The van der Waals surface area contributed by atoms with E-state index >= 15 is 0 Å². The molecule has 0 amide bonds. The Morgan fingerprint density at radius 2 is 1.95 bits per heavy atom. The molecule has 21 heavy (non-hydrogen) atoms. The van der Waals surface area contributed by atoms with Gasteiger partial charge in [0.2, 0.25) is 0 Å². The van der Waals surface area contributed by atoms with E-state index < -0.39 is 0 Å². The van der Waals surface area contributed by atoms with Gasteiger partial charge >= 0.3 is 0 Å². The normalized spacial score (nSPS) is 10.9. The van der Waals surface area contributed by atoms with Crippen molar-refractivity contribution in [3.8, 4) is 5.75 Å². The van der Waals surface area contributed by atoms with Crippen LogP contribution in [0.15, 0.2) is 18.2 Å². The van der Waals surface area contributed by atoms with Crippen LogP contribution in [0, 0.1) is 13.8 Å². The van der Waals surface area contributed by atoms with Crippen molar-refractivity contribution >= 4 is 11.3 Å². The smallest absolute Gasteiger partial charge is 0.125 e. The van der Waals surface area contributed by atoms with Crippen LogP contribution >= 0.6 is 11.3 Å². The van der Waals surface area contributed by atoms with E-state index in [1.54, 1.807) is 11.3 Å². The maximum Gasteiger partial charge on any atom is 0.125 e. The third-order valence-corrected chi connectivity index (χ3v) is 4.62. The molecule has 0 bridgehead atoms. The lowest BCUT2D eigenvalue weighted by Crippen LogP contribution is -2.05. The molecule has 0 aliphatic carbocycles. The highest BCUT2D eigenvalue weighted by molar-refractivity contribution is 7.11. The maximum atomic E-state index is 5.97. The summed E-state index contributed by atoms with van der Waals surface area (Å²) in [7, 11) is 1.98. The van der Waals surface area contributed by atoms with Gasteiger partial charge in [0.05, 0.1) is 17.3 Å². The number of benzene rings is 1. The van der Waals surface area contributed by atoms with Gasteiger partial charge in [0.25, 0.3) is 0 Å². The Morgan fingerprint density at radius 3 is 2.57 bits per heavy atom. The van der Waals surface area contributed by atoms with Crippen molar-refractivity contribution < 1.29 is 4.74 Å². The predicted octanol–water partition coefficient (Wildman–Crippen LogP) is 3.66. The first-order chi connectivity index (χ1) is 10.2. The van der Waals surface area contributed by atoms with Crippen LogP contribution in [0.2, 0.25) is 0 Å². The fraction of sp³-hybridized carbons (Fsp3) is 0.471. The molecule has 1 aromatic heterocycles. The van der Waals surface area contributed by atoms with E-state index in [2.05, 4.69) is 44.3 Å². The van der Waals surface area contributed by atoms with Gasteiger partial charge in [0.1, 0.15) is 5.75 Å². The number of nitrogens with zero attached hydrogens (tertiary/aromatic N) is 1. The van der Waals surface area contributed by atoms with E-state index in [4.69, 9.17) is 9.72 Å². The van der Waals surface area contributed by atoms with Gasteiger partial charge in [-0.1, -0.05) is 25.1 Å². The number of rotatable bonds is 7. The number of ether oxygens (including phenoxy) is 1. The minimum atomic E-state index is 0.682. The summed E-state index contributed by atoms with van der Waals surface area (Å²) in [4.78, 5) is 6.07. The molecule has 3 nitrogen and oxygen atoms in total. The summed E-state index contributed by atoms with van der Waals surface area (Å²) in [6, 6.07) is 6.24. The van der Waals surface area contributed by atoms with Crippen molar-refractivity contribution in [2.45, 2.75) is 40.2 Å². The number of hydrogen-bond acceptors (Lipinski definition) is 4. The van der Waals surface area contributed by atoms with E-state index in [9.17, 15) is 0 Å². The third kappa shape index (κ3) is 4.05. The van der Waals surface area contributed by atoms with Crippen LogP contribution in [0.1, 0.15) is 33.6 Å². The van der Waals surface area contributed by atoms with Crippen molar-refractivity contribution in [1.82, 2.24) is 10.3 Å². The Balaban J connectivity index is 1.97. The molecule has 114 valence electrons. The first-order valence-corrected chi connectivity index (χ1v) is 8.28. The van der Waals surface area contributed by atoms with Crippen molar-refractivity contribution in [2.24, 2.45) is 0 Å². The van der Waals surface area contributed by atoms with Crippen LogP contribution in [0.3, 0.4) is 0 Å². The molecule has 0 saturated carbocycles. The Kier molecular flexibility index (Phi) is 5.76. The Labute approximate surface area is 131 Å². The Bertz CT molecular complexity index is 572. The second kappa shape index (κ2) is 7.57. The second-order valence-corrected chi connectivity index (χ2v) is 6.35. The lowest BCUT2D eigenvalue weighted by atomic mass is 10.1. The van der Waals surface area contributed by atoms with Gasteiger partial charge in [-0.3, -0.25) is 0 Å². The van der Waals surface area contributed by atoms with Crippen molar-refractivity contribution in [3.05, 3.63) is 44.9 Å². The minimum Gasteiger partial charge on any atom is -0.493 e. The zero-order valence-corrected chi connectivity index (χ0v) is 14.1. The third-order valence-electron chi connectivity index (χ3n) is 3.47. The zero-order valence-electron chi connectivity index (χ0n) is 13.3. The molecule has 2 rings (SSSR count). The van der Waals surface area contributed by atoms with Gasteiger partial charge < -0.3 is 10.1 Å². The topological polar surface area (TPSA) is 34.1 Å². The van der Waals surface area contributed by atoms with Gasteiger partial charge in [-0.05, 0) is 38.4 Å². The van der Waals surface area contributed by atoms with E-state index in [1.165, 1.54) is 26.7 Å². The van der Waals surface area contributed by atoms with Gasteiger partial charge in [0, 0.05) is 17.8 Å². The maximum absolute atomic E-state index is 5.97. The molecule has 0 aliphatic rings. The van der Waals surface area contributed by atoms with Crippen LogP contribution in [0.25, 0.3) is 0 Å². The summed E-state index contributed by atoms with van der Waals surface area (Å²) in [5.74, 6) is 1.01. The van der Waals surface area contributed by atoms with Gasteiger partial charge in [-0.15, -0.1) is 11.3 Å². The van der Waals surface area contributed by atoms with Crippen LogP contribution in [0.4, 0.5) is 0 Å². The summed E-state index contributed by atoms with van der Waals surface area (Å²) >= 11 is 1.80. The molecule has 0 saturated heterocycles. The standard InChI is InChI=1S/C17H24N2OS/c1-5-14-15(11-18-4)21-16(19-14)9-10-20-17-12(2)7-6-8-13(17)3/h6-8,18H,5,9-11H2,1-4H3. The van der Waals surface area contributed by atoms with Crippen LogP contribution in [-0.4, -0.2) is 18.6 Å². The lowest BCUT2D eigenvalue weighted by Gasteiger charge is -2.10. The molecule has 0 fully saturated rings. The SMILES string of the molecule is CCc1nc(CCOc2c(C)cccc2C)sc1CNC. The summed E-state index contributed by atoms with van der Waals surface area (Å²) in [5.41, 5.74) is 3.61. The molecular weight excluding hydrogens is 280 g/mol. The summed E-state index contributed by atoms with van der Waals surface area (Å²) in [6.45, 7) is 7.92. The Hall–Kier alpha value is -1.39. The molecular formula is C17H24N2OS. The summed E-state index contributed by atoms with van der Waals surface area (Å²) in [6.07, 6.45) is 1.86. The van der Waals surface area contributed by atoms with E-state index in [1.807, 2.05) is 7.05 Å². The molecule has 0 unspecified atom stereocenters. The molecule has 1 N–H and O–H groups in total. The quantitative estimate of drug-likeness (QED) is 0.847. The highest BCUT2D eigenvalue weighted by Crippen LogP contribution is 2.23. The summed E-state index contributed by atoms with van der Waals surface area (Å²) in [5, 5.41) is 4.38. The number of para-hydroxylation sites is 1. The van der Waals surface area contributed by atoms with E-state index in [0.29, 0.717) is 6.61 Å². The molecule has 2 aromatic rings. The number of nitrogens with one attached hydrogen (secondary N) is 1.